The van der Waals surface area contributed by atoms with Crippen LogP contribution in [0.25, 0.3) is 0 Å². The molecule has 0 radical (unpaired) electrons. The highest BCUT2D eigenvalue weighted by atomic mass is 35.5. The second-order valence-electron chi connectivity index (χ2n) is 4.08. The van der Waals surface area contributed by atoms with Crippen LogP contribution in [0.2, 0.25) is 0 Å². The Labute approximate surface area is 117 Å². The molecule has 0 unspecified atom stereocenters. The fourth-order valence-corrected chi connectivity index (χ4v) is 1.86. The average Bonchev–Trinajstić information content (AvgIpc) is 2.38. The first kappa shape index (κ1) is 15.2. The van der Waals surface area contributed by atoms with Crippen molar-refractivity contribution in [3.8, 4) is 5.75 Å². The number of ether oxygens (including phenoxy) is 1. The third-order valence-electron chi connectivity index (χ3n) is 2.85. The quantitative estimate of drug-likeness (QED) is 0.643. The van der Waals surface area contributed by atoms with Crippen LogP contribution in [0.1, 0.15) is 16.7 Å². The highest BCUT2D eigenvalue weighted by molar-refractivity contribution is 6.40. The van der Waals surface area contributed by atoms with Crippen molar-refractivity contribution in [3.63, 3.8) is 0 Å². The first-order chi connectivity index (χ1) is 8.99. The Morgan fingerprint density at radius 2 is 2.16 bits per heavy atom. The van der Waals surface area contributed by atoms with E-state index in [1.165, 1.54) is 6.08 Å². The zero-order valence-corrected chi connectivity index (χ0v) is 12.0. The molecule has 1 rings (SSSR count). The molecule has 2 N–H and O–H groups in total. The van der Waals surface area contributed by atoms with Crippen LogP contribution in [0.4, 0.5) is 0 Å². The number of methoxy groups -OCH3 is 1. The number of hydrogen-bond donors (Lipinski definition) is 2. The molecule has 0 aromatic heterocycles. The summed E-state index contributed by atoms with van der Waals surface area (Å²) in [6.45, 7) is 4.33. The van der Waals surface area contributed by atoms with E-state index in [1.807, 2.05) is 26.0 Å². The smallest absolute Gasteiger partial charge is 0.245 e. The summed E-state index contributed by atoms with van der Waals surface area (Å²) in [7, 11) is 1.62. The molecule has 1 aromatic rings. The molecule has 1 aromatic carbocycles. The van der Waals surface area contributed by atoms with E-state index in [9.17, 15) is 4.79 Å². The number of rotatable bonds is 5. The number of benzene rings is 1. The average molecular weight is 281 g/mol. The zero-order chi connectivity index (χ0) is 14.4. The fourth-order valence-electron chi connectivity index (χ4n) is 1.76. The Kier molecular flexibility index (Phi) is 5.57. The minimum Gasteiger partial charge on any atom is -0.496 e. The fraction of sp³-hybridized carbons (Fsp3) is 0.286. The first-order valence-electron chi connectivity index (χ1n) is 5.78. The van der Waals surface area contributed by atoms with E-state index in [4.69, 9.17) is 21.7 Å². The van der Waals surface area contributed by atoms with Gasteiger partial charge in [0.25, 0.3) is 0 Å². The number of halogens is 1. The highest BCUT2D eigenvalue weighted by Crippen LogP contribution is 2.24. The first-order valence-corrected chi connectivity index (χ1v) is 6.16. The summed E-state index contributed by atoms with van der Waals surface area (Å²) < 4.78 is 5.25. The van der Waals surface area contributed by atoms with Crippen molar-refractivity contribution in [1.29, 1.82) is 5.41 Å². The van der Waals surface area contributed by atoms with Gasteiger partial charge in [-0.05, 0) is 36.6 Å². The van der Waals surface area contributed by atoms with Crippen molar-refractivity contribution in [2.24, 2.45) is 0 Å². The molecule has 0 atom stereocenters. The van der Waals surface area contributed by atoms with Gasteiger partial charge in [0.15, 0.2) is 0 Å². The molecule has 0 aliphatic heterocycles. The predicted octanol–water partition coefficient (Wildman–Crippen LogP) is 2.70. The summed E-state index contributed by atoms with van der Waals surface area (Å²) in [4.78, 5) is 11.6. The van der Waals surface area contributed by atoms with Crippen molar-refractivity contribution in [2.45, 2.75) is 20.4 Å². The molecule has 0 saturated heterocycles. The third-order valence-corrected chi connectivity index (χ3v) is 3.07. The van der Waals surface area contributed by atoms with Gasteiger partial charge in [0.2, 0.25) is 5.91 Å². The number of carbonyl (C=O) groups excluding carboxylic acids is 1. The van der Waals surface area contributed by atoms with Gasteiger partial charge in [0.05, 0.1) is 12.1 Å². The molecule has 1 amide bonds. The maximum absolute atomic E-state index is 11.6. The summed E-state index contributed by atoms with van der Waals surface area (Å²) >= 11 is 5.59. The Morgan fingerprint density at radius 3 is 2.74 bits per heavy atom. The van der Waals surface area contributed by atoms with Gasteiger partial charge in [-0.15, -0.1) is 0 Å². The Bertz CT molecular complexity index is 524. The molecular weight excluding hydrogens is 264 g/mol. The van der Waals surface area contributed by atoms with Crippen LogP contribution >= 0.6 is 11.6 Å². The van der Waals surface area contributed by atoms with Crippen LogP contribution in [0.15, 0.2) is 23.2 Å². The molecule has 4 nitrogen and oxygen atoms in total. The molecule has 0 heterocycles. The summed E-state index contributed by atoms with van der Waals surface area (Å²) in [5.41, 5.74) is 3.11. The molecule has 0 aliphatic carbocycles. The number of carbonyl (C=O) groups is 1. The minimum absolute atomic E-state index is 0.0941. The predicted molar refractivity (Wildman–Crippen MR) is 77.0 cm³/mol. The van der Waals surface area contributed by atoms with Gasteiger partial charge < -0.3 is 15.5 Å². The van der Waals surface area contributed by atoms with Gasteiger partial charge in [-0.25, -0.2) is 0 Å². The standard InChI is InChI=1S/C14H17ClN2O2/c1-9-4-5-13(19-3)10(2)12(9)8-17-14(18)6-11(15)7-16/h4-7,16H,8H2,1-3H3,(H,17,18)/b11-6+,16-7?. The molecule has 0 aliphatic rings. The van der Waals surface area contributed by atoms with Crippen molar-refractivity contribution < 1.29 is 9.53 Å². The minimum atomic E-state index is -0.324. The zero-order valence-electron chi connectivity index (χ0n) is 11.2. The molecule has 0 fully saturated rings. The summed E-state index contributed by atoms with van der Waals surface area (Å²) in [5.74, 6) is 0.470. The molecular formula is C14H17ClN2O2. The maximum Gasteiger partial charge on any atom is 0.245 e. The van der Waals surface area contributed by atoms with Crippen LogP contribution in [0.5, 0.6) is 5.75 Å². The topological polar surface area (TPSA) is 62.2 Å². The lowest BCUT2D eigenvalue weighted by atomic mass is 10.0. The number of aryl methyl sites for hydroxylation is 1. The van der Waals surface area contributed by atoms with Gasteiger partial charge in [0, 0.05) is 18.8 Å². The second-order valence-corrected chi connectivity index (χ2v) is 4.52. The third kappa shape index (κ3) is 4.10. The molecule has 0 saturated carbocycles. The lowest BCUT2D eigenvalue weighted by molar-refractivity contribution is -0.116. The van der Waals surface area contributed by atoms with E-state index in [-0.39, 0.29) is 10.9 Å². The normalized spacial score (nSPS) is 11.1. The van der Waals surface area contributed by atoms with Gasteiger partial charge in [0.1, 0.15) is 5.75 Å². The summed E-state index contributed by atoms with van der Waals surface area (Å²) in [6, 6.07) is 3.86. The van der Waals surface area contributed by atoms with Crippen LogP contribution in [-0.4, -0.2) is 19.2 Å². The second kappa shape index (κ2) is 6.95. The van der Waals surface area contributed by atoms with Crippen molar-refractivity contribution >= 4 is 23.7 Å². The Hall–Kier alpha value is -1.81. The summed E-state index contributed by atoms with van der Waals surface area (Å²) in [5, 5.41) is 9.73. The molecule has 0 bridgehead atoms. The number of allylic oxidation sites excluding steroid dienone is 1. The van der Waals surface area contributed by atoms with Gasteiger partial charge in [-0.3, -0.25) is 4.79 Å². The van der Waals surface area contributed by atoms with Gasteiger partial charge in [-0.1, -0.05) is 17.7 Å². The Balaban J connectivity index is 2.83. The van der Waals surface area contributed by atoms with E-state index in [1.54, 1.807) is 7.11 Å². The SMILES string of the molecule is COc1ccc(C)c(CNC(=O)/C=C(/Cl)C=N)c1C. The number of hydrogen-bond acceptors (Lipinski definition) is 3. The van der Waals surface area contributed by atoms with E-state index in [0.29, 0.717) is 6.54 Å². The van der Waals surface area contributed by atoms with Gasteiger partial charge >= 0.3 is 0 Å². The molecule has 102 valence electrons. The molecule has 0 spiro atoms. The van der Waals surface area contributed by atoms with Crippen molar-refractivity contribution in [3.05, 3.63) is 39.9 Å². The van der Waals surface area contributed by atoms with Crippen LogP contribution in [0, 0.1) is 19.3 Å². The number of nitrogens with one attached hydrogen (secondary N) is 2. The lowest BCUT2D eigenvalue weighted by Gasteiger charge is -2.13. The van der Waals surface area contributed by atoms with Crippen LogP contribution in [0.3, 0.4) is 0 Å². The van der Waals surface area contributed by atoms with Crippen molar-refractivity contribution in [2.75, 3.05) is 7.11 Å². The highest BCUT2D eigenvalue weighted by Gasteiger charge is 2.08. The lowest BCUT2D eigenvalue weighted by Crippen LogP contribution is -2.22. The maximum atomic E-state index is 11.6. The van der Waals surface area contributed by atoms with Crippen molar-refractivity contribution in [1.82, 2.24) is 5.32 Å². The van der Waals surface area contributed by atoms with Crippen LogP contribution < -0.4 is 10.1 Å². The van der Waals surface area contributed by atoms with E-state index >= 15 is 0 Å². The molecule has 5 heteroatoms. The van der Waals surface area contributed by atoms with E-state index in [0.717, 1.165) is 28.7 Å². The van der Waals surface area contributed by atoms with Gasteiger partial charge in [-0.2, -0.15) is 0 Å². The number of amides is 1. The molecule has 19 heavy (non-hydrogen) atoms. The van der Waals surface area contributed by atoms with Crippen LogP contribution in [-0.2, 0) is 11.3 Å². The Morgan fingerprint density at radius 1 is 1.47 bits per heavy atom. The largest absolute Gasteiger partial charge is 0.496 e. The summed E-state index contributed by atoms with van der Waals surface area (Å²) in [6.07, 6.45) is 2.10. The van der Waals surface area contributed by atoms with E-state index in [2.05, 4.69) is 5.32 Å². The monoisotopic (exact) mass is 280 g/mol. The van der Waals surface area contributed by atoms with E-state index < -0.39 is 0 Å².